The smallest absolute Gasteiger partial charge is 0.209 e. The van der Waals surface area contributed by atoms with Crippen LogP contribution in [0.2, 0.25) is 15.2 Å². The summed E-state index contributed by atoms with van der Waals surface area (Å²) in [5.74, 6) is 0.397. The Morgan fingerprint density at radius 3 is 2.60 bits per heavy atom. The molecular formula is C11H7Cl3N6. The van der Waals surface area contributed by atoms with Gasteiger partial charge in [0, 0.05) is 5.02 Å². The van der Waals surface area contributed by atoms with Crippen molar-refractivity contribution in [3.05, 3.63) is 39.6 Å². The number of aryl methyl sites for hydroxylation is 1. The molecule has 3 aromatic rings. The summed E-state index contributed by atoms with van der Waals surface area (Å²) < 4.78 is 1.49. The molecule has 0 radical (unpaired) electrons. The first kappa shape index (κ1) is 13.4. The SMILES string of the molecule is Cn1nnc(-c2cnn(-c3ccc(Cl)cc3Cl)c2Cl)n1. The summed E-state index contributed by atoms with van der Waals surface area (Å²) in [7, 11) is 1.67. The molecule has 102 valence electrons. The Balaban J connectivity index is 2.10. The van der Waals surface area contributed by atoms with Crippen molar-refractivity contribution in [1.82, 2.24) is 30.0 Å². The quantitative estimate of drug-likeness (QED) is 0.725. The lowest BCUT2D eigenvalue weighted by molar-refractivity contribution is 0.630. The molecule has 0 atom stereocenters. The van der Waals surface area contributed by atoms with Gasteiger partial charge in [0.2, 0.25) is 5.82 Å². The Kier molecular flexibility index (Phi) is 3.37. The molecule has 0 unspecified atom stereocenters. The third kappa shape index (κ3) is 2.26. The highest BCUT2D eigenvalue weighted by molar-refractivity contribution is 6.36. The van der Waals surface area contributed by atoms with Crippen LogP contribution in [0.5, 0.6) is 0 Å². The van der Waals surface area contributed by atoms with E-state index in [1.54, 1.807) is 31.4 Å². The minimum absolute atomic E-state index is 0.349. The molecule has 2 heterocycles. The lowest BCUT2D eigenvalue weighted by atomic mass is 10.3. The van der Waals surface area contributed by atoms with Crippen molar-refractivity contribution < 1.29 is 0 Å². The number of nitrogens with zero attached hydrogens (tertiary/aromatic N) is 6. The predicted molar refractivity (Wildman–Crippen MR) is 76.4 cm³/mol. The molecule has 6 nitrogen and oxygen atoms in total. The van der Waals surface area contributed by atoms with Crippen LogP contribution in [-0.4, -0.2) is 30.0 Å². The van der Waals surface area contributed by atoms with Gasteiger partial charge in [-0.25, -0.2) is 4.68 Å². The maximum atomic E-state index is 6.31. The molecule has 1 aromatic carbocycles. The van der Waals surface area contributed by atoms with Gasteiger partial charge >= 0.3 is 0 Å². The Hall–Kier alpha value is -1.63. The van der Waals surface area contributed by atoms with Gasteiger partial charge in [0.05, 0.1) is 29.5 Å². The van der Waals surface area contributed by atoms with E-state index in [4.69, 9.17) is 34.8 Å². The van der Waals surface area contributed by atoms with Crippen LogP contribution < -0.4 is 0 Å². The van der Waals surface area contributed by atoms with Gasteiger partial charge in [-0.05, 0) is 23.4 Å². The standard InChI is InChI=1S/C11H7Cl3N6/c1-19-17-11(16-18-19)7-5-15-20(10(7)14)9-3-2-6(12)4-8(9)13/h2-5H,1H3. The molecule has 0 aliphatic rings. The van der Waals surface area contributed by atoms with Crippen molar-refractivity contribution >= 4 is 34.8 Å². The van der Waals surface area contributed by atoms with E-state index in [9.17, 15) is 0 Å². The van der Waals surface area contributed by atoms with Crippen LogP contribution in [-0.2, 0) is 7.05 Å². The number of rotatable bonds is 2. The Morgan fingerprint density at radius 1 is 1.15 bits per heavy atom. The molecule has 0 N–H and O–H groups in total. The molecule has 0 fully saturated rings. The van der Waals surface area contributed by atoms with E-state index in [0.717, 1.165) is 0 Å². The van der Waals surface area contributed by atoms with E-state index in [1.165, 1.54) is 9.48 Å². The van der Waals surface area contributed by atoms with Gasteiger partial charge < -0.3 is 0 Å². The van der Waals surface area contributed by atoms with Gasteiger partial charge in [-0.1, -0.05) is 34.8 Å². The van der Waals surface area contributed by atoms with Crippen LogP contribution in [0.4, 0.5) is 0 Å². The summed E-state index contributed by atoms with van der Waals surface area (Å²) in [5.41, 5.74) is 1.20. The van der Waals surface area contributed by atoms with Gasteiger partial charge in [-0.3, -0.25) is 0 Å². The van der Waals surface area contributed by atoms with E-state index in [2.05, 4.69) is 20.5 Å². The lowest BCUT2D eigenvalue weighted by Gasteiger charge is -2.06. The van der Waals surface area contributed by atoms with E-state index < -0.39 is 0 Å². The van der Waals surface area contributed by atoms with Crippen molar-refractivity contribution in [2.45, 2.75) is 0 Å². The summed E-state index contributed by atoms with van der Waals surface area (Å²) >= 11 is 18.3. The number of tetrazole rings is 1. The van der Waals surface area contributed by atoms with E-state index >= 15 is 0 Å². The zero-order valence-electron chi connectivity index (χ0n) is 10.1. The normalized spacial score (nSPS) is 11.0. The first-order valence-corrected chi connectivity index (χ1v) is 6.63. The van der Waals surface area contributed by atoms with Crippen molar-refractivity contribution in [1.29, 1.82) is 0 Å². The number of hydrogen-bond acceptors (Lipinski definition) is 4. The topological polar surface area (TPSA) is 61.4 Å². The molecule has 2 aromatic heterocycles. The van der Waals surface area contributed by atoms with Crippen LogP contribution in [0.25, 0.3) is 17.1 Å². The molecule has 0 saturated carbocycles. The van der Waals surface area contributed by atoms with Gasteiger partial charge in [-0.2, -0.15) is 9.90 Å². The highest BCUT2D eigenvalue weighted by atomic mass is 35.5. The second-order valence-electron chi connectivity index (χ2n) is 3.96. The van der Waals surface area contributed by atoms with E-state index in [1.807, 2.05) is 0 Å². The summed E-state index contributed by atoms with van der Waals surface area (Å²) in [6.45, 7) is 0. The molecule has 0 saturated heterocycles. The fourth-order valence-corrected chi connectivity index (χ4v) is 2.45. The lowest BCUT2D eigenvalue weighted by Crippen LogP contribution is -1.97. The highest BCUT2D eigenvalue weighted by Crippen LogP contribution is 2.31. The van der Waals surface area contributed by atoms with Crippen molar-refractivity contribution in [2.75, 3.05) is 0 Å². The van der Waals surface area contributed by atoms with E-state index in [0.29, 0.717) is 32.3 Å². The van der Waals surface area contributed by atoms with Crippen LogP contribution in [0.1, 0.15) is 0 Å². The first-order chi connectivity index (χ1) is 9.56. The van der Waals surface area contributed by atoms with Crippen LogP contribution in [0.15, 0.2) is 24.4 Å². The molecular weight excluding hydrogens is 323 g/mol. The van der Waals surface area contributed by atoms with Crippen LogP contribution in [0.3, 0.4) is 0 Å². The summed E-state index contributed by atoms with van der Waals surface area (Å²) in [6, 6.07) is 5.06. The summed E-state index contributed by atoms with van der Waals surface area (Å²) in [4.78, 5) is 1.35. The monoisotopic (exact) mass is 328 g/mol. The average molecular weight is 330 g/mol. The van der Waals surface area contributed by atoms with E-state index in [-0.39, 0.29) is 0 Å². The largest absolute Gasteiger partial charge is 0.220 e. The highest BCUT2D eigenvalue weighted by Gasteiger charge is 2.17. The molecule has 0 aliphatic heterocycles. The summed E-state index contributed by atoms with van der Waals surface area (Å²) in [6.07, 6.45) is 1.56. The zero-order valence-corrected chi connectivity index (χ0v) is 12.4. The first-order valence-electron chi connectivity index (χ1n) is 5.49. The summed E-state index contributed by atoms with van der Waals surface area (Å²) in [5, 5.41) is 17.3. The fraction of sp³-hybridized carbons (Fsp3) is 0.0909. The van der Waals surface area contributed by atoms with Crippen molar-refractivity contribution in [3.63, 3.8) is 0 Å². The third-order valence-corrected chi connectivity index (χ3v) is 3.50. The number of aromatic nitrogens is 6. The Bertz CT molecular complexity index is 778. The van der Waals surface area contributed by atoms with Crippen LogP contribution in [0, 0.1) is 0 Å². The van der Waals surface area contributed by atoms with Gasteiger partial charge in [0.25, 0.3) is 0 Å². The maximum Gasteiger partial charge on any atom is 0.209 e. The minimum atomic E-state index is 0.349. The van der Waals surface area contributed by atoms with Gasteiger partial charge in [-0.15, -0.1) is 10.2 Å². The molecule has 0 aliphatic carbocycles. The average Bonchev–Trinajstić information content (AvgIpc) is 2.96. The van der Waals surface area contributed by atoms with Gasteiger partial charge in [0.1, 0.15) is 5.15 Å². The van der Waals surface area contributed by atoms with Crippen LogP contribution >= 0.6 is 34.8 Å². The fourth-order valence-electron chi connectivity index (χ4n) is 1.70. The molecule has 0 spiro atoms. The minimum Gasteiger partial charge on any atom is -0.220 e. The Labute approximate surface area is 128 Å². The van der Waals surface area contributed by atoms with Crippen molar-refractivity contribution in [3.8, 4) is 17.1 Å². The second kappa shape index (κ2) is 5.05. The Morgan fingerprint density at radius 2 is 1.95 bits per heavy atom. The number of halogens is 3. The zero-order chi connectivity index (χ0) is 14.3. The molecule has 0 bridgehead atoms. The predicted octanol–water partition coefficient (Wildman–Crippen LogP) is 3.02. The molecule has 9 heteroatoms. The van der Waals surface area contributed by atoms with Gasteiger partial charge in [0.15, 0.2) is 0 Å². The molecule has 0 amide bonds. The third-order valence-electron chi connectivity index (χ3n) is 2.60. The number of benzene rings is 1. The van der Waals surface area contributed by atoms with Crippen molar-refractivity contribution in [2.24, 2.45) is 7.05 Å². The second-order valence-corrected chi connectivity index (χ2v) is 5.16. The maximum absolute atomic E-state index is 6.31. The number of hydrogen-bond donors (Lipinski definition) is 0. The molecule has 20 heavy (non-hydrogen) atoms. The molecule has 3 rings (SSSR count).